The molecule has 144 valence electrons. The minimum absolute atomic E-state index is 0.132. The third-order valence-corrected chi connectivity index (χ3v) is 4.80. The van der Waals surface area contributed by atoms with Crippen molar-refractivity contribution in [2.45, 2.75) is 46.2 Å². The van der Waals surface area contributed by atoms with E-state index in [0.717, 1.165) is 37.1 Å². The number of hydrogen-bond acceptors (Lipinski definition) is 3. The normalized spacial score (nSPS) is 13.3. The number of carbonyl (C=O) groups is 2. The molecule has 0 unspecified atom stereocenters. The first kappa shape index (κ1) is 19.1. The minimum Gasteiger partial charge on any atom is -0.349 e. The highest BCUT2D eigenvalue weighted by molar-refractivity contribution is 5.97. The van der Waals surface area contributed by atoms with Crippen LogP contribution in [0.5, 0.6) is 0 Å². The highest BCUT2D eigenvalue weighted by Crippen LogP contribution is 2.22. The maximum Gasteiger partial charge on any atom is 0.287 e. The molecule has 0 radical (unpaired) electrons. The second kappa shape index (κ2) is 8.37. The van der Waals surface area contributed by atoms with Crippen LogP contribution in [-0.4, -0.2) is 39.9 Å². The van der Waals surface area contributed by atoms with E-state index in [0.29, 0.717) is 30.5 Å². The Morgan fingerprint density at radius 2 is 1.96 bits per heavy atom. The number of carbonyl (C=O) groups excluding carboxylic acids is 2. The van der Waals surface area contributed by atoms with Crippen molar-refractivity contribution >= 4 is 11.8 Å². The van der Waals surface area contributed by atoms with Crippen molar-refractivity contribution in [2.24, 2.45) is 5.92 Å². The van der Waals surface area contributed by atoms with Gasteiger partial charge in [0.25, 0.3) is 11.8 Å². The highest BCUT2D eigenvalue weighted by Gasteiger charge is 2.28. The van der Waals surface area contributed by atoms with Crippen molar-refractivity contribution in [3.8, 4) is 0 Å². The van der Waals surface area contributed by atoms with Gasteiger partial charge in [0.15, 0.2) is 5.82 Å². The quantitative estimate of drug-likeness (QED) is 0.852. The van der Waals surface area contributed by atoms with Crippen LogP contribution in [0.2, 0.25) is 0 Å². The molecule has 1 N–H and O–H groups in total. The lowest BCUT2D eigenvalue weighted by Crippen LogP contribution is -2.30. The number of hydrogen-bond donors (Lipinski definition) is 1. The second-order valence-corrected chi connectivity index (χ2v) is 7.59. The summed E-state index contributed by atoms with van der Waals surface area (Å²) in [4.78, 5) is 31.8. The molecule has 6 heteroatoms. The number of benzene rings is 1. The predicted octanol–water partition coefficient (Wildman–Crippen LogP) is 2.88. The Kier molecular flexibility index (Phi) is 5.94. The van der Waals surface area contributed by atoms with Crippen LogP contribution in [0, 0.1) is 5.92 Å². The number of nitrogens with zero attached hydrogens (tertiary/aromatic N) is 3. The number of rotatable bonds is 6. The molecule has 2 heterocycles. The molecule has 0 bridgehead atoms. The maximum atomic E-state index is 13.0. The summed E-state index contributed by atoms with van der Waals surface area (Å²) in [5.74, 6) is 0.397. The summed E-state index contributed by atoms with van der Waals surface area (Å²) in [5.41, 5.74) is 2.38. The van der Waals surface area contributed by atoms with Gasteiger partial charge in [0.05, 0.1) is 5.69 Å². The van der Waals surface area contributed by atoms with E-state index in [1.807, 2.05) is 34.9 Å². The first-order valence-corrected chi connectivity index (χ1v) is 9.64. The smallest absolute Gasteiger partial charge is 0.287 e. The van der Waals surface area contributed by atoms with E-state index in [4.69, 9.17) is 0 Å². The average Bonchev–Trinajstić information content (AvgIpc) is 3.06. The van der Waals surface area contributed by atoms with Crippen LogP contribution in [-0.2, 0) is 19.5 Å². The van der Waals surface area contributed by atoms with Crippen molar-refractivity contribution in [1.82, 2.24) is 19.8 Å². The molecule has 6 nitrogen and oxygen atoms in total. The molecule has 1 aromatic heterocycles. The van der Waals surface area contributed by atoms with Gasteiger partial charge in [-0.2, -0.15) is 0 Å². The molecule has 0 aliphatic carbocycles. The summed E-state index contributed by atoms with van der Waals surface area (Å²) in [6, 6.07) is 9.88. The fraction of sp³-hybridized carbons (Fsp3) is 0.476. The molecule has 3 rings (SSSR count). The maximum absolute atomic E-state index is 13.0. The number of aromatic nitrogens is 2. The molecule has 1 aliphatic rings. The van der Waals surface area contributed by atoms with Gasteiger partial charge >= 0.3 is 0 Å². The fourth-order valence-electron chi connectivity index (χ4n) is 3.37. The summed E-state index contributed by atoms with van der Waals surface area (Å²) < 4.78 is 1.93. The minimum atomic E-state index is -0.198. The van der Waals surface area contributed by atoms with E-state index in [2.05, 4.69) is 24.1 Å². The largest absolute Gasteiger partial charge is 0.349 e. The van der Waals surface area contributed by atoms with E-state index in [-0.39, 0.29) is 11.8 Å². The molecule has 0 saturated heterocycles. The van der Waals surface area contributed by atoms with Crippen LogP contribution in [0.25, 0.3) is 0 Å². The number of amides is 2. The van der Waals surface area contributed by atoms with Crippen molar-refractivity contribution < 1.29 is 9.59 Å². The van der Waals surface area contributed by atoms with Crippen LogP contribution >= 0.6 is 0 Å². The van der Waals surface area contributed by atoms with Crippen LogP contribution in [0.3, 0.4) is 0 Å². The molecule has 0 fully saturated rings. The molecule has 2 aromatic rings. The van der Waals surface area contributed by atoms with E-state index in [1.165, 1.54) is 0 Å². The van der Waals surface area contributed by atoms with Crippen molar-refractivity contribution in [1.29, 1.82) is 0 Å². The lowest BCUT2D eigenvalue weighted by atomic mass is 10.1. The van der Waals surface area contributed by atoms with Gasteiger partial charge < -0.3 is 14.8 Å². The van der Waals surface area contributed by atoms with Crippen LogP contribution in [0.4, 0.5) is 0 Å². The standard InChI is InChI=1S/C21H28N4O2/c1-15(2)13-22-20(26)19-23-18(17-11-7-8-12-25(17)19)21(27)24(3)14-16-9-5-4-6-10-16/h4-6,9-10,15H,7-8,11-14H2,1-3H3,(H,22,26). The zero-order valence-electron chi connectivity index (χ0n) is 16.4. The summed E-state index contributed by atoms with van der Waals surface area (Å²) in [6.45, 7) is 5.95. The zero-order valence-corrected chi connectivity index (χ0v) is 16.4. The Morgan fingerprint density at radius 3 is 2.67 bits per heavy atom. The summed E-state index contributed by atoms with van der Waals surface area (Å²) >= 11 is 0. The molecule has 0 spiro atoms. The van der Waals surface area contributed by atoms with E-state index >= 15 is 0 Å². The Balaban J connectivity index is 1.84. The molecular weight excluding hydrogens is 340 g/mol. The van der Waals surface area contributed by atoms with Crippen molar-refractivity contribution in [2.75, 3.05) is 13.6 Å². The van der Waals surface area contributed by atoms with E-state index in [9.17, 15) is 9.59 Å². The van der Waals surface area contributed by atoms with Crippen molar-refractivity contribution in [3.05, 3.63) is 53.1 Å². The van der Waals surface area contributed by atoms with Gasteiger partial charge in [-0.15, -0.1) is 0 Å². The van der Waals surface area contributed by atoms with Gasteiger partial charge in [-0.25, -0.2) is 4.98 Å². The lowest BCUT2D eigenvalue weighted by Gasteiger charge is -2.19. The van der Waals surface area contributed by atoms with Gasteiger partial charge in [-0.3, -0.25) is 9.59 Å². The molecule has 2 amide bonds. The van der Waals surface area contributed by atoms with Gasteiger partial charge in [-0.05, 0) is 30.7 Å². The van der Waals surface area contributed by atoms with E-state index < -0.39 is 0 Å². The zero-order chi connectivity index (χ0) is 19.4. The SMILES string of the molecule is CC(C)CNC(=O)c1nc(C(=O)N(C)Cc2ccccc2)c2n1CCCC2. The monoisotopic (exact) mass is 368 g/mol. The molecule has 0 saturated carbocycles. The molecule has 27 heavy (non-hydrogen) atoms. The number of fused-ring (bicyclic) bond motifs is 1. The average molecular weight is 368 g/mol. The Bertz CT molecular complexity index is 811. The molecule has 1 aliphatic heterocycles. The lowest BCUT2D eigenvalue weighted by molar-refractivity contribution is 0.0778. The van der Waals surface area contributed by atoms with E-state index in [1.54, 1.807) is 11.9 Å². The molecule has 1 aromatic carbocycles. The Hall–Kier alpha value is -2.63. The van der Waals surface area contributed by atoms with Gasteiger partial charge in [0.2, 0.25) is 0 Å². The van der Waals surface area contributed by atoms with Crippen molar-refractivity contribution in [3.63, 3.8) is 0 Å². The van der Waals surface area contributed by atoms with Crippen LogP contribution in [0.1, 0.15) is 59.1 Å². The van der Waals surface area contributed by atoms with Gasteiger partial charge in [-0.1, -0.05) is 44.2 Å². The highest BCUT2D eigenvalue weighted by atomic mass is 16.2. The van der Waals surface area contributed by atoms with Gasteiger partial charge in [0.1, 0.15) is 5.69 Å². The van der Waals surface area contributed by atoms with Gasteiger partial charge in [0, 0.05) is 26.7 Å². The molecular formula is C21H28N4O2. The molecule has 0 atom stereocenters. The number of imidazole rings is 1. The first-order valence-electron chi connectivity index (χ1n) is 9.64. The summed E-state index contributed by atoms with van der Waals surface area (Å²) in [6.07, 6.45) is 2.80. The van der Waals surface area contributed by atoms with Crippen LogP contribution < -0.4 is 5.32 Å². The Morgan fingerprint density at radius 1 is 1.22 bits per heavy atom. The third kappa shape index (κ3) is 4.38. The topological polar surface area (TPSA) is 67.2 Å². The fourth-order valence-corrected chi connectivity index (χ4v) is 3.37. The Labute approximate surface area is 160 Å². The third-order valence-electron chi connectivity index (χ3n) is 4.80. The number of nitrogens with one attached hydrogen (secondary N) is 1. The summed E-state index contributed by atoms with van der Waals surface area (Å²) in [5, 5.41) is 2.92. The predicted molar refractivity (Wildman–Crippen MR) is 105 cm³/mol. The first-order chi connectivity index (χ1) is 13.0. The van der Waals surface area contributed by atoms with Crippen LogP contribution in [0.15, 0.2) is 30.3 Å². The second-order valence-electron chi connectivity index (χ2n) is 7.59. The summed E-state index contributed by atoms with van der Waals surface area (Å²) in [7, 11) is 1.78.